The van der Waals surface area contributed by atoms with E-state index in [2.05, 4.69) is 26.6 Å². The molecule has 2 N–H and O–H groups in total. The average Bonchev–Trinajstić information content (AvgIpc) is 3.11. The van der Waals surface area contributed by atoms with Gasteiger partial charge < -0.3 is 5.32 Å². The van der Waals surface area contributed by atoms with Crippen LogP contribution in [0.3, 0.4) is 0 Å². The van der Waals surface area contributed by atoms with Gasteiger partial charge in [0, 0.05) is 10.6 Å². The summed E-state index contributed by atoms with van der Waals surface area (Å²) < 4.78 is 0. The number of hydrogen-bond acceptors (Lipinski definition) is 5. The average molecular weight is 384 g/mol. The van der Waals surface area contributed by atoms with Crippen molar-refractivity contribution in [2.45, 2.75) is 17.3 Å². The predicted molar refractivity (Wildman–Crippen MR) is 102 cm³/mol. The fourth-order valence-corrected chi connectivity index (χ4v) is 3.02. The van der Waals surface area contributed by atoms with Crippen LogP contribution in [0.2, 0.25) is 5.02 Å². The predicted octanol–water partition coefficient (Wildman–Crippen LogP) is 4.12. The largest absolute Gasteiger partial charge is 0.324 e. The molecule has 26 heavy (non-hydrogen) atoms. The molecule has 0 radical (unpaired) electrons. The zero-order valence-electron chi connectivity index (χ0n) is 13.7. The number of thioether (sulfide) groups is 1. The first-order valence-corrected chi connectivity index (χ1v) is 8.97. The van der Waals surface area contributed by atoms with Crippen LogP contribution in [-0.2, 0) is 4.79 Å². The number of halogens is 1. The Balaban J connectivity index is 1.66. The van der Waals surface area contributed by atoms with Gasteiger partial charge in [0.25, 0.3) is 0 Å². The molecule has 0 aliphatic carbocycles. The third-order valence-electron chi connectivity index (χ3n) is 3.54. The van der Waals surface area contributed by atoms with Crippen LogP contribution < -0.4 is 5.32 Å². The Labute approximate surface area is 159 Å². The van der Waals surface area contributed by atoms with E-state index in [4.69, 9.17) is 16.9 Å². The molecule has 0 aliphatic heterocycles. The first kappa shape index (κ1) is 18.0. The Morgan fingerprint density at radius 2 is 2.00 bits per heavy atom. The zero-order valence-corrected chi connectivity index (χ0v) is 15.3. The second kappa shape index (κ2) is 8.04. The lowest BCUT2D eigenvalue weighted by Crippen LogP contribution is -2.23. The second-order valence-electron chi connectivity index (χ2n) is 5.38. The maximum Gasteiger partial charge on any atom is 0.237 e. The van der Waals surface area contributed by atoms with Crippen LogP contribution in [-0.4, -0.2) is 26.3 Å². The van der Waals surface area contributed by atoms with Crippen molar-refractivity contribution < 1.29 is 4.79 Å². The molecule has 1 amide bonds. The van der Waals surface area contributed by atoms with Crippen molar-refractivity contribution >= 4 is 35.0 Å². The number of H-pyrrole nitrogens is 1. The van der Waals surface area contributed by atoms with Crippen molar-refractivity contribution in [1.29, 1.82) is 5.26 Å². The van der Waals surface area contributed by atoms with Crippen molar-refractivity contribution in [3.05, 3.63) is 59.1 Å². The highest BCUT2D eigenvalue weighted by Crippen LogP contribution is 2.24. The molecular formula is C18H14ClN5OS. The van der Waals surface area contributed by atoms with E-state index in [1.54, 1.807) is 43.3 Å². The van der Waals surface area contributed by atoms with Gasteiger partial charge in [0.2, 0.25) is 11.1 Å². The molecule has 0 fully saturated rings. The first-order valence-electron chi connectivity index (χ1n) is 7.72. The molecule has 8 heteroatoms. The standard InChI is InChI=1S/C18H14ClN5OS/c1-11(17(25)21-15-5-3-2-4-13(15)10-20)26-18-22-16(23-24-18)12-6-8-14(19)9-7-12/h2-9,11H,1H3,(H,21,25)(H,22,23,24). The highest BCUT2D eigenvalue weighted by Gasteiger charge is 2.18. The number of anilines is 1. The van der Waals surface area contributed by atoms with E-state index in [-0.39, 0.29) is 5.91 Å². The van der Waals surface area contributed by atoms with Gasteiger partial charge in [-0.05, 0) is 43.3 Å². The van der Waals surface area contributed by atoms with Gasteiger partial charge in [0.1, 0.15) is 6.07 Å². The van der Waals surface area contributed by atoms with E-state index in [0.29, 0.717) is 27.3 Å². The van der Waals surface area contributed by atoms with E-state index in [0.717, 1.165) is 5.56 Å². The quantitative estimate of drug-likeness (QED) is 0.646. The van der Waals surface area contributed by atoms with Crippen LogP contribution in [0.15, 0.2) is 53.7 Å². The number of benzene rings is 2. The van der Waals surface area contributed by atoms with Crippen LogP contribution >= 0.6 is 23.4 Å². The topological polar surface area (TPSA) is 94.5 Å². The number of nitrogens with zero attached hydrogens (tertiary/aromatic N) is 3. The van der Waals surface area contributed by atoms with E-state index < -0.39 is 5.25 Å². The van der Waals surface area contributed by atoms with Gasteiger partial charge in [-0.2, -0.15) is 5.26 Å². The molecule has 1 atom stereocenters. The third kappa shape index (κ3) is 4.23. The van der Waals surface area contributed by atoms with Crippen LogP contribution in [0.5, 0.6) is 0 Å². The van der Waals surface area contributed by atoms with Crippen molar-refractivity contribution in [2.24, 2.45) is 0 Å². The smallest absolute Gasteiger partial charge is 0.237 e. The molecular weight excluding hydrogens is 370 g/mol. The molecule has 1 aromatic heterocycles. The molecule has 1 unspecified atom stereocenters. The molecule has 3 aromatic rings. The summed E-state index contributed by atoms with van der Waals surface area (Å²) in [5.74, 6) is 0.377. The van der Waals surface area contributed by atoms with Crippen molar-refractivity contribution in [3.63, 3.8) is 0 Å². The molecule has 0 spiro atoms. The number of carbonyl (C=O) groups excluding carboxylic acids is 1. The number of aromatic nitrogens is 3. The second-order valence-corrected chi connectivity index (χ2v) is 7.12. The fourth-order valence-electron chi connectivity index (χ4n) is 2.17. The maximum absolute atomic E-state index is 12.4. The molecule has 0 saturated carbocycles. The van der Waals surface area contributed by atoms with Crippen LogP contribution in [0.4, 0.5) is 5.69 Å². The van der Waals surface area contributed by atoms with Gasteiger partial charge in [0.05, 0.1) is 16.5 Å². The summed E-state index contributed by atoms with van der Waals surface area (Å²) in [5, 5.41) is 19.5. The maximum atomic E-state index is 12.4. The summed E-state index contributed by atoms with van der Waals surface area (Å²) in [5.41, 5.74) is 1.76. The summed E-state index contributed by atoms with van der Waals surface area (Å²) in [6.07, 6.45) is 0. The van der Waals surface area contributed by atoms with E-state index in [9.17, 15) is 4.79 Å². The molecule has 0 aliphatic rings. The molecule has 0 saturated heterocycles. The normalized spacial score (nSPS) is 11.6. The first-order chi connectivity index (χ1) is 12.6. The molecule has 1 heterocycles. The molecule has 3 rings (SSSR count). The summed E-state index contributed by atoms with van der Waals surface area (Å²) in [4.78, 5) is 16.8. The summed E-state index contributed by atoms with van der Waals surface area (Å²) in [7, 11) is 0. The van der Waals surface area contributed by atoms with Gasteiger partial charge in [-0.25, -0.2) is 4.98 Å². The van der Waals surface area contributed by atoms with Crippen molar-refractivity contribution in [2.75, 3.05) is 5.32 Å². The molecule has 6 nitrogen and oxygen atoms in total. The molecule has 0 bridgehead atoms. The number of nitrogens with one attached hydrogen (secondary N) is 2. The van der Waals surface area contributed by atoms with Gasteiger partial charge >= 0.3 is 0 Å². The number of aromatic amines is 1. The van der Waals surface area contributed by atoms with Gasteiger partial charge in [-0.1, -0.05) is 35.5 Å². The third-order valence-corrected chi connectivity index (χ3v) is 4.75. The monoisotopic (exact) mass is 383 g/mol. The number of amides is 1. The summed E-state index contributed by atoms with van der Waals surface area (Å²) in [6, 6.07) is 16.1. The molecule has 2 aromatic carbocycles. The lowest BCUT2D eigenvalue weighted by atomic mass is 10.2. The summed E-state index contributed by atoms with van der Waals surface area (Å²) >= 11 is 7.11. The Kier molecular flexibility index (Phi) is 5.56. The minimum atomic E-state index is -0.435. The Hall–Kier alpha value is -2.82. The van der Waals surface area contributed by atoms with Crippen LogP contribution in [0.1, 0.15) is 12.5 Å². The molecule has 130 valence electrons. The van der Waals surface area contributed by atoms with E-state index in [1.807, 2.05) is 12.1 Å². The Bertz CT molecular complexity index is 964. The minimum absolute atomic E-state index is 0.226. The van der Waals surface area contributed by atoms with Gasteiger partial charge in [0.15, 0.2) is 5.82 Å². The highest BCUT2D eigenvalue weighted by atomic mass is 35.5. The number of para-hydroxylation sites is 1. The van der Waals surface area contributed by atoms with Gasteiger partial charge in [-0.3, -0.25) is 9.89 Å². The number of hydrogen-bond donors (Lipinski definition) is 2. The zero-order chi connectivity index (χ0) is 18.5. The Morgan fingerprint density at radius 3 is 2.73 bits per heavy atom. The highest BCUT2D eigenvalue weighted by molar-refractivity contribution is 8.00. The summed E-state index contributed by atoms with van der Waals surface area (Å²) in [6.45, 7) is 1.76. The van der Waals surface area contributed by atoms with E-state index in [1.165, 1.54) is 11.8 Å². The van der Waals surface area contributed by atoms with Gasteiger partial charge in [-0.15, -0.1) is 5.10 Å². The number of carbonyl (C=O) groups is 1. The van der Waals surface area contributed by atoms with E-state index >= 15 is 0 Å². The lowest BCUT2D eigenvalue weighted by Gasteiger charge is -2.11. The lowest BCUT2D eigenvalue weighted by molar-refractivity contribution is -0.115. The van der Waals surface area contributed by atoms with Crippen LogP contribution in [0.25, 0.3) is 11.4 Å². The minimum Gasteiger partial charge on any atom is -0.324 e. The SMILES string of the molecule is CC(Sc1n[nH]c(-c2ccc(Cl)cc2)n1)C(=O)Nc1ccccc1C#N. The number of nitriles is 1. The number of rotatable bonds is 5. The Morgan fingerprint density at radius 1 is 1.27 bits per heavy atom. The van der Waals surface area contributed by atoms with Crippen LogP contribution in [0, 0.1) is 11.3 Å². The fraction of sp³-hybridized carbons (Fsp3) is 0.111. The van der Waals surface area contributed by atoms with Crippen molar-refractivity contribution in [1.82, 2.24) is 15.2 Å². The van der Waals surface area contributed by atoms with Crippen molar-refractivity contribution in [3.8, 4) is 17.5 Å².